The van der Waals surface area contributed by atoms with Crippen molar-refractivity contribution in [1.82, 2.24) is 9.88 Å². The standard InChI is InChI=1S/C30H31ClN2O5/c1-18(2)38-25-7-5-6-21(12-25)15-32-30(36)22-8-11-28-26(14-22)19(3)20(4)33(28)16-23-13-24(9-10-27(23)31)37-17-29(34)35/h5-14,18H,15-17H2,1-4H3,(H,32,36)(H,34,35). The van der Waals surface area contributed by atoms with Gasteiger partial charge >= 0.3 is 5.97 Å². The van der Waals surface area contributed by atoms with Crippen LogP contribution in [0.2, 0.25) is 5.02 Å². The van der Waals surface area contributed by atoms with Crippen LogP contribution in [-0.4, -0.2) is 34.3 Å². The van der Waals surface area contributed by atoms with Gasteiger partial charge in [-0.2, -0.15) is 0 Å². The molecule has 2 N–H and O–H groups in total. The van der Waals surface area contributed by atoms with Gasteiger partial charge in [0.05, 0.1) is 6.10 Å². The fourth-order valence-corrected chi connectivity index (χ4v) is 4.53. The molecule has 3 aromatic carbocycles. The molecule has 0 radical (unpaired) electrons. The summed E-state index contributed by atoms with van der Waals surface area (Å²) in [6.45, 7) is 8.45. The van der Waals surface area contributed by atoms with Crippen LogP contribution >= 0.6 is 11.6 Å². The predicted octanol–water partition coefficient (Wildman–Crippen LogP) is 6.14. The predicted molar refractivity (Wildman–Crippen MR) is 148 cm³/mol. The zero-order valence-corrected chi connectivity index (χ0v) is 22.6. The zero-order chi connectivity index (χ0) is 27.4. The van der Waals surface area contributed by atoms with Crippen molar-refractivity contribution in [1.29, 1.82) is 0 Å². The van der Waals surface area contributed by atoms with Gasteiger partial charge in [0.1, 0.15) is 11.5 Å². The molecule has 0 aliphatic carbocycles. The number of hydrogen-bond acceptors (Lipinski definition) is 4. The van der Waals surface area contributed by atoms with Gasteiger partial charge in [-0.05, 0) is 92.9 Å². The first kappa shape index (κ1) is 27.1. The Morgan fingerprint density at radius 2 is 1.82 bits per heavy atom. The zero-order valence-electron chi connectivity index (χ0n) is 21.9. The van der Waals surface area contributed by atoms with Crippen molar-refractivity contribution >= 4 is 34.4 Å². The van der Waals surface area contributed by atoms with Crippen LogP contribution < -0.4 is 14.8 Å². The van der Waals surface area contributed by atoms with Crippen molar-refractivity contribution in [3.05, 3.63) is 93.6 Å². The van der Waals surface area contributed by atoms with Crippen molar-refractivity contribution < 1.29 is 24.2 Å². The van der Waals surface area contributed by atoms with Crippen LogP contribution in [0.1, 0.15) is 46.6 Å². The van der Waals surface area contributed by atoms with Gasteiger partial charge in [0.2, 0.25) is 0 Å². The van der Waals surface area contributed by atoms with Crippen LogP contribution in [-0.2, 0) is 17.9 Å². The summed E-state index contributed by atoms with van der Waals surface area (Å²) in [5.41, 5.74) is 5.44. The first-order valence-corrected chi connectivity index (χ1v) is 12.8. The largest absolute Gasteiger partial charge is 0.491 e. The molecule has 1 heterocycles. The Morgan fingerprint density at radius 3 is 2.55 bits per heavy atom. The number of amides is 1. The van der Waals surface area contributed by atoms with Gasteiger partial charge in [-0.1, -0.05) is 23.7 Å². The molecule has 0 saturated carbocycles. The number of nitrogens with one attached hydrogen (secondary N) is 1. The average molecular weight is 535 g/mol. The van der Waals surface area contributed by atoms with E-state index in [1.807, 2.05) is 70.2 Å². The van der Waals surface area contributed by atoms with Crippen LogP contribution in [0, 0.1) is 13.8 Å². The van der Waals surface area contributed by atoms with E-state index in [1.54, 1.807) is 18.2 Å². The highest BCUT2D eigenvalue weighted by Gasteiger charge is 2.16. The Hall–Kier alpha value is -3.97. The molecule has 0 aliphatic heterocycles. The number of aromatic nitrogens is 1. The van der Waals surface area contributed by atoms with Crippen LogP contribution in [0.4, 0.5) is 0 Å². The Balaban J connectivity index is 1.53. The number of aryl methyl sites for hydroxylation is 1. The Bertz CT molecular complexity index is 1490. The Morgan fingerprint density at radius 1 is 1.03 bits per heavy atom. The number of benzene rings is 3. The number of fused-ring (bicyclic) bond motifs is 1. The maximum Gasteiger partial charge on any atom is 0.341 e. The summed E-state index contributed by atoms with van der Waals surface area (Å²) in [5.74, 6) is 0.0219. The van der Waals surface area contributed by atoms with E-state index in [4.69, 9.17) is 26.2 Å². The third-order valence-corrected chi connectivity index (χ3v) is 6.70. The lowest BCUT2D eigenvalue weighted by Crippen LogP contribution is -2.22. The molecule has 0 saturated heterocycles. The number of carboxylic acids is 1. The minimum Gasteiger partial charge on any atom is -0.491 e. The first-order chi connectivity index (χ1) is 18.1. The molecule has 0 aliphatic rings. The summed E-state index contributed by atoms with van der Waals surface area (Å²) >= 11 is 6.46. The molecule has 0 fully saturated rings. The molecular weight excluding hydrogens is 504 g/mol. The topological polar surface area (TPSA) is 89.8 Å². The van der Waals surface area contributed by atoms with E-state index >= 15 is 0 Å². The molecule has 0 bridgehead atoms. The smallest absolute Gasteiger partial charge is 0.341 e. The number of hydrogen-bond donors (Lipinski definition) is 2. The molecule has 1 amide bonds. The van der Waals surface area contributed by atoms with Crippen LogP contribution in [0.25, 0.3) is 10.9 Å². The number of aliphatic carboxylic acids is 1. The van der Waals surface area contributed by atoms with Crippen molar-refractivity contribution in [2.24, 2.45) is 0 Å². The molecule has 0 atom stereocenters. The van der Waals surface area contributed by atoms with Crippen molar-refractivity contribution in [2.45, 2.75) is 46.9 Å². The van der Waals surface area contributed by atoms with Gasteiger partial charge in [-0.25, -0.2) is 4.79 Å². The first-order valence-electron chi connectivity index (χ1n) is 12.4. The monoisotopic (exact) mass is 534 g/mol. The molecule has 38 heavy (non-hydrogen) atoms. The van der Waals surface area contributed by atoms with Crippen molar-refractivity contribution in [2.75, 3.05) is 6.61 Å². The van der Waals surface area contributed by atoms with Crippen LogP contribution in [0.5, 0.6) is 11.5 Å². The van der Waals surface area contributed by atoms with Crippen LogP contribution in [0.3, 0.4) is 0 Å². The molecule has 7 nitrogen and oxygen atoms in total. The molecule has 198 valence electrons. The number of ether oxygens (including phenoxy) is 2. The summed E-state index contributed by atoms with van der Waals surface area (Å²) in [6.07, 6.45) is 0.0795. The van der Waals surface area contributed by atoms with Crippen molar-refractivity contribution in [3.63, 3.8) is 0 Å². The van der Waals surface area contributed by atoms with E-state index in [0.717, 1.165) is 39.0 Å². The highest BCUT2D eigenvalue weighted by atomic mass is 35.5. The van der Waals surface area contributed by atoms with E-state index in [0.29, 0.717) is 29.4 Å². The van der Waals surface area contributed by atoms with E-state index in [9.17, 15) is 9.59 Å². The summed E-state index contributed by atoms with van der Waals surface area (Å²) in [5, 5.41) is 13.4. The lowest BCUT2D eigenvalue weighted by molar-refractivity contribution is -0.139. The second-order valence-electron chi connectivity index (χ2n) is 9.46. The Labute approximate surface area is 226 Å². The number of rotatable bonds is 10. The van der Waals surface area contributed by atoms with Crippen molar-refractivity contribution in [3.8, 4) is 11.5 Å². The molecule has 1 aromatic heterocycles. The van der Waals surface area contributed by atoms with Gasteiger partial charge in [0, 0.05) is 40.3 Å². The molecule has 4 rings (SSSR count). The van der Waals surface area contributed by atoms with E-state index < -0.39 is 12.6 Å². The van der Waals surface area contributed by atoms with Crippen LogP contribution in [0.15, 0.2) is 60.7 Å². The highest BCUT2D eigenvalue weighted by molar-refractivity contribution is 6.31. The normalized spacial score (nSPS) is 11.1. The number of halogens is 1. The fraction of sp³-hybridized carbons (Fsp3) is 0.267. The van der Waals surface area contributed by atoms with Gasteiger partial charge in [0.25, 0.3) is 5.91 Å². The average Bonchev–Trinajstić information content (AvgIpc) is 3.11. The highest BCUT2D eigenvalue weighted by Crippen LogP contribution is 2.30. The fourth-order valence-electron chi connectivity index (χ4n) is 4.36. The molecule has 4 aromatic rings. The lowest BCUT2D eigenvalue weighted by atomic mass is 10.1. The minimum absolute atomic E-state index is 0.0795. The Kier molecular flexibility index (Phi) is 8.27. The van der Waals surface area contributed by atoms with Gasteiger partial charge in [-0.15, -0.1) is 0 Å². The number of carbonyl (C=O) groups excluding carboxylic acids is 1. The summed E-state index contributed by atoms with van der Waals surface area (Å²) in [6, 6.07) is 18.5. The van der Waals surface area contributed by atoms with Gasteiger partial charge in [-0.3, -0.25) is 4.79 Å². The second kappa shape index (κ2) is 11.6. The summed E-state index contributed by atoms with van der Waals surface area (Å²) in [4.78, 5) is 23.8. The molecule has 0 spiro atoms. The molecule has 0 unspecified atom stereocenters. The van der Waals surface area contributed by atoms with Gasteiger partial charge in [0.15, 0.2) is 6.61 Å². The second-order valence-corrected chi connectivity index (χ2v) is 9.87. The summed E-state index contributed by atoms with van der Waals surface area (Å²) < 4.78 is 13.2. The quantitative estimate of drug-likeness (QED) is 0.255. The maximum atomic E-state index is 13.0. The number of carboxylic acid groups (broad SMARTS) is 1. The third-order valence-electron chi connectivity index (χ3n) is 6.33. The molecule has 8 heteroatoms. The summed E-state index contributed by atoms with van der Waals surface area (Å²) in [7, 11) is 0. The number of nitrogens with zero attached hydrogens (tertiary/aromatic N) is 1. The van der Waals surface area contributed by atoms with E-state index in [1.165, 1.54) is 0 Å². The van der Waals surface area contributed by atoms with Gasteiger partial charge < -0.3 is 24.5 Å². The maximum absolute atomic E-state index is 13.0. The third kappa shape index (κ3) is 6.29. The lowest BCUT2D eigenvalue weighted by Gasteiger charge is -2.13. The number of carbonyl (C=O) groups is 2. The van der Waals surface area contributed by atoms with E-state index in [-0.39, 0.29) is 12.0 Å². The molecular formula is C30H31ClN2O5. The SMILES string of the molecule is Cc1c(C)n(Cc2cc(OCC(=O)O)ccc2Cl)c2ccc(C(=O)NCc3cccc(OC(C)C)c3)cc12. The minimum atomic E-state index is -1.04. The van der Waals surface area contributed by atoms with E-state index in [2.05, 4.69) is 9.88 Å².